The van der Waals surface area contributed by atoms with Gasteiger partial charge in [-0.2, -0.15) is 0 Å². The van der Waals surface area contributed by atoms with Crippen LogP contribution >= 0.6 is 23.2 Å². The highest BCUT2D eigenvalue weighted by atomic mass is 35.5. The number of carbonyl (C=O) groups excluding carboxylic acids is 1. The van der Waals surface area contributed by atoms with Gasteiger partial charge in [0.05, 0.1) is 15.6 Å². The van der Waals surface area contributed by atoms with Crippen LogP contribution < -0.4 is 11.1 Å². The lowest BCUT2D eigenvalue weighted by Gasteiger charge is -2.11. The summed E-state index contributed by atoms with van der Waals surface area (Å²) in [5, 5.41) is 3.41. The molecule has 2 aromatic rings. The minimum atomic E-state index is -0.344. The molecule has 2 aromatic carbocycles. The number of hydrogen-bond donors (Lipinski definition) is 2. The van der Waals surface area contributed by atoms with Gasteiger partial charge in [0.25, 0.3) is 5.91 Å². The average Bonchev–Trinajstić information content (AvgIpc) is 2.32. The van der Waals surface area contributed by atoms with Crippen molar-refractivity contribution in [1.82, 2.24) is 0 Å². The Morgan fingerprint density at radius 2 is 1.79 bits per heavy atom. The number of amides is 1. The Balaban J connectivity index is 2.31. The first kappa shape index (κ1) is 13.7. The highest BCUT2D eigenvalue weighted by molar-refractivity contribution is 6.40. The van der Waals surface area contributed by atoms with E-state index in [9.17, 15) is 4.79 Å². The largest absolute Gasteiger partial charge is 0.399 e. The molecule has 19 heavy (non-hydrogen) atoms. The summed E-state index contributed by atoms with van der Waals surface area (Å²) in [4.78, 5) is 12.2. The maximum Gasteiger partial charge on any atom is 0.258 e. The van der Waals surface area contributed by atoms with E-state index in [4.69, 9.17) is 28.9 Å². The van der Waals surface area contributed by atoms with Gasteiger partial charge in [0.1, 0.15) is 0 Å². The van der Waals surface area contributed by atoms with Crippen LogP contribution in [0, 0.1) is 6.92 Å². The van der Waals surface area contributed by atoms with Crippen molar-refractivity contribution in [3.63, 3.8) is 0 Å². The summed E-state index contributed by atoms with van der Waals surface area (Å²) < 4.78 is 0. The van der Waals surface area contributed by atoms with Crippen LogP contribution in [0.2, 0.25) is 10.0 Å². The van der Waals surface area contributed by atoms with Crippen molar-refractivity contribution < 1.29 is 4.79 Å². The summed E-state index contributed by atoms with van der Waals surface area (Å²) in [5.74, 6) is -0.344. The van der Waals surface area contributed by atoms with Crippen LogP contribution in [0.4, 0.5) is 11.4 Å². The van der Waals surface area contributed by atoms with Crippen LogP contribution in [0.5, 0.6) is 0 Å². The fourth-order valence-corrected chi connectivity index (χ4v) is 2.30. The van der Waals surface area contributed by atoms with Crippen molar-refractivity contribution in [2.24, 2.45) is 0 Å². The molecule has 1 amide bonds. The van der Waals surface area contributed by atoms with Crippen molar-refractivity contribution in [2.75, 3.05) is 11.1 Å². The molecule has 0 spiro atoms. The number of nitrogens with two attached hydrogens (primary N) is 1. The van der Waals surface area contributed by atoms with Crippen molar-refractivity contribution in [1.29, 1.82) is 0 Å². The number of aryl methyl sites for hydroxylation is 1. The topological polar surface area (TPSA) is 55.1 Å². The Kier molecular flexibility index (Phi) is 3.98. The molecule has 0 atom stereocenters. The Labute approximate surface area is 121 Å². The molecule has 0 bridgehead atoms. The number of benzene rings is 2. The van der Waals surface area contributed by atoms with Gasteiger partial charge >= 0.3 is 0 Å². The molecule has 0 radical (unpaired) electrons. The Hall–Kier alpha value is -1.71. The highest BCUT2D eigenvalue weighted by Crippen LogP contribution is 2.26. The lowest BCUT2D eigenvalue weighted by molar-refractivity contribution is 0.102. The second-order valence-corrected chi connectivity index (χ2v) is 4.94. The first-order valence-electron chi connectivity index (χ1n) is 5.60. The average molecular weight is 295 g/mol. The van der Waals surface area contributed by atoms with Crippen LogP contribution in [-0.4, -0.2) is 5.91 Å². The minimum absolute atomic E-state index is 0.266. The van der Waals surface area contributed by atoms with Gasteiger partial charge in [0.2, 0.25) is 0 Å². The lowest BCUT2D eigenvalue weighted by Crippen LogP contribution is -2.14. The summed E-state index contributed by atoms with van der Waals surface area (Å²) >= 11 is 12.0. The molecule has 0 aromatic heterocycles. The Morgan fingerprint density at radius 3 is 2.37 bits per heavy atom. The molecule has 3 nitrogen and oxygen atoms in total. The molecule has 0 aliphatic carbocycles. The molecule has 3 N–H and O–H groups in total. The van der Waals surface area contributed by atoms with Gasteiger partial charge in [-0.1, -0.05) is 29.3 Å². The number of hydrogen-bond acceptors (Lipinski definition) is 2. The summed E-state index contributed by atoms with van der Waals surface area (Å²) in [6.45, 7) is 1.86. The Morgan fingerprint density at radius 1 is 1.16 bits per heavy atom. The number of anilines is 2. The van der Waals surface area contributed by atoms with E-state index in [1.165, 1.54) is 0 Å². The zero-order valence-corrected chi connectivity index (χ0v) is 11.7. The van der Waals surface area contributed by atoms with E-state index < -0.39 is 0 Å². The quantitative estimate of drug-likeness (QED) is 0.818. The highest BCUT2D eigenvalue weighted by Gasteiger charge is 2.15. The van der Waals surface area contributed by atoms with Crippen LogP contribution in [0.25, 0.3) is 0 Å². The molecule has 0 aliphatic heterocycles. The molecule has 0 unspecified atom stereocenters. The zero-order chi connectivity index (χ0) is 14.0. The fraction of sp³-hybridized carbons (Fsp3) is 0.0714. The van der Waals surface area contributed by atoms with Crippen molar-refractivity contribution in [3.8, 4) is 0 Å². The van der Waals surface area contributed by atoms with Gasteiger partial charge in [0, 0.05) is 11.4 Å². The van der Waals surface area contributed by atoms with E-state index in [1.807, 2.05) is 6.92 Å². The van der Waals surface area contributed by atoms with E-state index >= 15 is 0 Å². The molecule has 0 saturated heterocycles. The van der Waals surface area contributed by atoms with Crippen LogP contribution in [0.15, 0.2) is 36.4 Å². The van der Waals surface area contributed by atoms with Gasteiger partial charge in [-0.25, -0.2) is 0 Å². The van der Waals surface area contributed by atoms with Gasteiger partial charge in [-0.15, -0.1) is 0 Å². The van der Waals surface area contributed by atoms with Gasteiger partial charge in [-0.05, 0) is 42.8 Å². The maximum atomic E-state index is 12.2. The second-order valence-electron chi connectivity index (χ2n) is 4.13. The van der Waals surface area contributed by atoms with Gasteiger partial charge in [0.15, 0.2) is 0 Å². The number of rotatable bonds is 2. The molecule has 0 aliphatic rings. The normalized spacial score (nSPS) is 10.3. The van der Waals surface area contributed by atoms with Crippen molar-refractivity contribution in [2.45, 2.75) is 6.92 Å². The lowest BCUT2D eigenvalue weighted by atomic mass is 10.1. The molecule has 98 valence electrons. The predicted octanol–water partition coefficient (Wildman–Crippen LogP) is 4.14. The number of halogens is 2. The molecular weight excluding hydrogens is 283 g/mol. The molecule has 2 rings (SSSR count). The smallest absolute Gasteiger partial charge is 0.258 e. The van der Waals surface area contributed by atoms with Crippen LogP contribution in [0.1, 0.15) is 15.9 Å². The number of carbonyl (C=O) groups is 1. The van der Waals surface area contributed by atoms with E-state index in [-0.39, 0.29) is 11.5 Å². The summed E-state index contributed by atoms with van der Waals surface area (Å²) in [7, 11) is 0. The third-order valence-corrected chi connectivity index (χ3v) is 3.32. The minimum Gasteiger partial charge on any atom is -0.399 e. The van der Waals surface area contributed by atoms with Crippen molar-refractivity contribution in [3.05, 3.63) is 57.6 Å². The van der Waals surface area contributed by atoms with Crippen molar-refractivity contribution >= 4 is 40.5 Å². The van der Waals surface area contributed by atoms with E-state index in [2.05, 4.69) is 5.32 Å². The first-order valence-corrected chi connectivity index (χ1v) is 6.36. The number of nitrogen functional groups attached to an aromatic ring is 1. The maximum absolute atomic E-state index is 12.2. The zero-order valence-electron chi connectivity index (χ0n) is 10.2. The summed E-state index contributed by atoms with van der Waals surface area (Å²) in [6, 6.07) is 10.2. The molecule has 0 fully saturated rings. The van der Waals surface area contributed by atoms with E-state index in [0.29, 0.717) is 21.4 Å². The van der Waals surface area contributed by atoms with Gasteiger partial charge < -0.3 is 11.1 Å². The Bertz CT molecular complexity index is 621. The SMILES string of the molecule is Cc1cc(N)ccc1NC(=O)c1c(Cl)cccc1Cl. The molecule has 5 heteroatoms. The third-order valence-electron chi connectivity index (χ3n) is 2.69. The predicted molar refractivity (Wildman–Crippen MR) is 80.0 cm³/mol. The molecular formula is C14H12Cl2N2O. The first-order chi connectivity index (χ1) is 8.99. The standard InChI is InChI=1S/C14H12Cl2N2O/c1-8-7-9(17)5-6-12(8)18-14(19)13-10(15)3-2-4-11(13)16/h2-7H,17H2,1H3,(H,18,19). The summed E-state index contributed by atoms with van der Waals surface area (Å²) in [5.41, 5.74) is 8.12. The number of nitrogens with one attached hydrogen (secondary N) is 1. The van der Waals surface area contributed by atoms with E-state index in [1.54, 1.807) is 36.4 Å². The van der Waals surface area contributed by atoms with Crippen LogP contribution in [-0.2, 0) is 0 Å². The van der Waals surface area contributed by atoms with Crippen LogP contribution in [0.3, 0.4) is 0 Å². The molecule has 0 heterocycles. The molecule has 0 saturated carbocycles. The summed E-state index contributed by atoms with van der Waals surface area (Å²) in [6.07, 6.45) is 0. The third kappa shape index (κ3) is 3.00. The monoisotopic (exact) mass is 294 g/mol. The second kappa shape index (κ2) is 5.51. The van der Waals surface area contributed by atoms with Gasteiger partial charge in [-0.3, -0.25) is 4.79 Å². The fourth-order valence-electron chi connectivity index (χ4n) is 1.73. The van der Waals surface area contributed by atoms with E-state index in [0.717, 1.165) is 5.56 Å².